The first-order chi connectivity index (χ1) is 7.29. The van der Waals surface area contributed by atoms with Crippen molar-refractivity contribution in [2.45, 2.75) is 12.3 Å². The van der Waals surface area contributed by atoms with E-state index in [4.69, 9.17) is 21.1 Å². The zero-order valence-corrected chi connectivity index (χ0v) is 9.33. The van der Waals surface area contributed by atoms with Gasteiger partial charge in [-0.05, 0) is 19.2 Å². The van der Waals surface area contributed by atoms with Crippen molar-refractivity contribution in [1.82, 2.24) is 5.32 Å². The van der Waals surface area contributed by atoms with Gasteiger partial charge in [-0.2, -0.15) is 0 Å². The van der Waals surface area contributed by atoms with E-state index in [9.17, 15) is 0 Å². The number of nitrogens with one attached hydrogen (secondary N) is 1. The van der Waals surface area contributed by atoms with Gasteiger partial charge < -0.3 is 14.8 Å². The Bertz CT molecular complexity index is 307. The van der Waals surface area contributed by atoms with Gasteiger partial charge in [0.2, 0.25) is 0 Å². The van der Waals surface area contributed by atoms with Crippen LogP contribution in [0.3, 0.4) is 0 Å². The molecule has 0 radical (unpaired) electrons. The normalized spacial score (nSPS) is 26.5. The molecule has 2 rings (SSSR count). The van der Waals surface area contributed by atoms with Crippen LogP contribution in [-0.4, -0.2) is 26.3 Å². The maximum Gasteiger partial charge on any atom is 0.183 e. The molecule has 0 aliphatic carbocycles. The van der Waals surface area contributed by atoms with E-state index in [0.717, 1.165) is 10.6 Å². The first kappa shape index (κ1) is 10.9. The van der Waals surface area contributed by atoms with Crippen molar-refractivity contribution in [3.63, 3.8) is 0 Å². The molecule has 1 aliphatic rings. The molecular formula is C11H14ClNO2. The highest BCUT2D eigenvalue weighted by atomic mass is 35.5. The molecule has 1 aromatic rings. The van der Waals surface area contributed by atoms with E-state index in [2.05, 4.69) is 5.32 Å². The lowest BCUT2D eigenvalue weighted by atomic mass is 10.2. The van der Waals surface area contributed by atoms with Gasteiger partial charge in [-0.3, -0.25) is 0 Å². The predicted octanol–water partition coefficient (Wildman–Crippen LogP) is 1.97. The summed E-state index contributed by atoms with van der Waals surface area (Å²) in [5, 5.41) is 3.84. The summed E-state index contributed by atoms with van der Waals surface area (Å²) >= 11 is 5.80. The van der Waals surface area contributed by atoms with E-state index in [1.54, 1.807) is 0 Å². The standard InChI is InChI=1S/C11H14ClNO2/c1-13-10-6-14-11(15-7-10)8-2-4-9(12)5-3-8/h2-5,10-11,13H,6-7H2,1H3. The van der Waals surface area contributed by atoms with Crippen LogP contribution in [0, 0.1) is 0 Å². The Morgan fingerprint density at radius 2 is 1.80 bits per heavy atom. The molecular weight excluding hydrogens is 214 g/mol. The predicted molar refractivity (Wildman–Crippen MR) is 58.9 cm³/mol. The number of benzene rings is 1. The van der Waals surface area contributed by atoms with Gasteiger partial charge in [-0.1, -0.05) is 23.7 Å². The smallest absolute Gasteiger partial charge is 0.183 e. The van der Waals surface area contributed by atoms with E-state index in [-0.39, 0.29) is 12.3 Å². The summed E-state index contributed by atoms with van der Waals surface area (Å²) in [7, 11) is 1.90. The fourth-order valence-electron chi connectivity index (χ4n) is 1.48. The van der Waals surface area contributed by atoms with Crippen LogP contribution in [0.1, 0.15) is 11.9 Å². The zero-order valence-electron chi connectivity index (χ0n) is 8.57. The molecule has 82 valence electrons. The number of rotatable bonds is 2. The second kappa shape index (κ2) is 4.94. The lowest BCUT2D eigenvalue weighted by Crippen LogP contribution is -2.40. The Hall–Kier alpha value is -0.610. The maximum absolute atomic E-state index is 5.80. The fourth-order valence-corrected chi connectivity index (χ4v) is 1.61. The highest BCUT2D eigenvalue weighted by molar-refractivity contribution is 6.30. The molecule has 0 aromatic heterocycles. The molecule has 0 unspecified atom stereocenters. The minimum atomic E-state index is -0.258. The SMILES string of the molecule is CNC1COC(c2ccc(Cl)cc2)OC1. The Labute approximate surface area is 94.3 Å². The van der Waals surface area contributed by atoms with Gasteiger partial charge in [0.15, 0.2) is 6.29 Å². The largest absolute Gasteiger partial charge is 0.347 e. The molecule has 1 N–H and O–H groups in total. The molecule has 0 saturated carbocycles. The van der Waals surface area contributed by atoms with E-state index in [1.807, 2.05) is 31.3 Å². The van der Waals surface area contributed by atoms with E-state index >= 15 is 0 Å². The van der Waals surface area contributed by atoms with E-state index in [0.29, 0.717) is 13.2 Å². The molecule has 0 atom stereocenters. The topological polar surface area (TPSA) is 30.5 Å². The van der Waals surface area contributed by atoms with Crippen LogP contribution in [0.2, 0.25) is 5.02 Å². The average Bonchev–Trinajstić information content (AvgIpc) is 2.30. The monoisotopic (exact) mass is 227 g/mol. The third-order valence-electron chi connectivity index (χ3n) is 2.45. The van der Waals surface area contributed by atoms with Crippen molar-refractivity contribution in [3.8, 4) is 0 Å². The average molecular weight is 228 g/mol. The minimum Gasteiger partial charge on any atom is -0.347 e. The lowest BCUT2D eigenvalue weighted by Gasteiger charge is -2.29. The van der Waals surface area contributed by atoms with E-state index < -0.39 is 0 Å². The van der Waals surface area contributed by atoms with Crippen LogP contribution in [-0.2, 0) is 9.47 Å². The fraction of sp³-hybridized carbons (Fsp3) is 0.455. The van der Waals surface area contributed by atoms with Gasteiger partial charge in [-0.25, -0.2) is 0 Å². The van der Waals surface area contributed by atoms with Crippen molar-refractivity contribution in [3.05, 3.63) is 34.9 Å². The number of hydrogen-bond donors (Lipinski definition) is 1. The Morgan fingerprint density at radius 1 is 1.20 bits per heavy atom. The van der Waals surface area contributed by atoms with Crippen LogP contribution in [0.25, 0.3) is 0 Å². The molecule has 1 heterocycles. The summed E-state index contributed by atoms with van der Waals surface area (Å²) in [6.07, 6.45) is -0.258. The Kier molecular flexibility index (Phi) is 3.59. The van der Waals surface area contributed by atoms with Crippen molar-refractivity contribution < 1.29 is 9.47 Å². The number of hydrogen-bond acceptors (Lipinski definition) is 3. The molecule has 0 bridgehead atoms. The minimum absolute atomic E-state index is 0.258. The van der Waals surface area contributed by atoms with Crippen LogP contribution in [0.4, 0.5) is 0 Å². The first-order valence-corrected chi connectivity index (χ1v) is 5.33. The summed E-state index contributed by atoms with van der Waals surface area (Å²) in [6, 6.07) is 7.81. The van der Waals surface area contributed by atoms with Gasteiger partial charge in [-0.15, -0.1) is 0 Å². The van der Waals surface area contributed by atoms with Crippen LogP contribution >= 0.6 is 11.6 Å². The quantitative estimate of drug-likeness (QED) is 0.838. The maximum atomic E-state index is 5.80. The summed E-state index contributed by atoms with van der Waals surface area (Å²) < 4.78 is 11.2. The third-order valence-corrected chi connectivity index (χ3v) is 2.70. The Balaban J connectivity index is 1.98. The summed E-state index contributed by atoms with van der Waals surface area (Å²) in [4.78, 5) is 0. The molecule has 4 heteroatoms. The zero-order chi connectivity index (χ0) is 10.7. The highest BCUT2D eigenvalue weighted by Gasteiger charge is 2.21. The second-order valence-corrected chi connectivity index (χ2v) is 3.97. The Morgan fingerprint density at radius 3 is 2.33 bits per heavy atom. The second-order valence-electron chi connectivity index (χ2n) is 3.54. The van der Waals surface area contributed by atoms with Crippen molar-refractivity contribution in [2.75, 3.05) is 20.3 Å². The first-order valence-electron chi connectivity index (χ1n) is 4.95. The molecule has 0 amide bonds. The van der Waals surface area contributed by atoms with Crippen molar-refractivity contribution >= 4 is 11.6 Å². The highest BCUT2D eigenvalue weighted by Crippen LogP contribution is 2.23. The van der Waals surface area contributed by atoms with Crippen LogP contribution in [0.5, 0.6) is 0 Å². The van der Waals surface area contributed by atoms with Crippen LogP contribution in [0.15, 0.2) is 24.3 Å². The van der Waals surface area contributed by atoms with Crippen molar-refractivity contribution in [2.24, 2.45) is 0 Å². The molecule has 0 spiro atoms. The molecule has 1 aliphatic heterocycles. The van der Waals surface area contributed by atoms with Crippen LogP contribution < -0.4 is 5.32 Å². The molecule has 1 saturated heterocycles. The third kappa shape index (κ3) is 2.69. The molecule has 1 fully saturated rings. The van der Waals surface area contributed by atoms with E-state index in [1.165, 1.54) is 0 Å². The molecule has 1 aromatic carbocycles. The van der Waals surface area contributed by atoms with Gasteiger partial charge in [0, 0.05) is 10.6 Å². The number of ether oxygens (including phenoxy) is 2. The van der Waals surface area contributed by atoms with Gasteiger partial charge in [0.25, 0.3) is 0 Å². The molecule has 15 heavy (non-hydrogen) atoms. The van der Waals surface area contributed by atoms with Gasteiger partial charge >= 0.3 is 0 Å². The van der Waals surface area contributed by atoms with Gasteiger partial charge in [0.05, 0.1) is 19.3 Å². The van der Waals surface area contributed by atoms with Gasteiger partial charge in [0.1, 0.15) is 0 Å². The lowest BCUT2D eigenvalue weighted by molar-refractivity contribution is -0.193. The summed E-state index contributed by atoms with van der Waals surface area (Å²) in [5.74, 6) is 0. The summed E-state index contributed by atoms with van der Waals surface area (Å²) in [6.45, 7) is 1.34. The molecule has 3 nitrogen and oxygen atoms in total. The summed E-state index contributed by atoms with van der Waals surface area (Å²) in [5.41, 5.74) is 1.01. The number of likely N-dealkylation sites (N-methyl/N-ethyl adjacent to an activating group) is 1. The number of halogens is 1. The van der Waals surface area contributed by atoms with Crippen molar-refractivity contribution in [1.29, 1.82) is 0 Å².